The third-order valence-corrected chi connectivity index (χ3v) is 7.30. The van der Waals surface area contributed by atoms with Crippen LogP contribution in [0.4, 0.5) is 5.13 Å². The Balaban J connectivity index is 1.68. The van der Waals surface area contributed by atoms with Gasteiger partial charge >= 0.3 is 11.9 Å². The molecule has 0 bridgehead atoms. The number of fused-ring (bicyclic) bond motifs is 1. The Kier molecular flexibility index (Phi) is 6.69. The van der Waals surface area contributed by atoms with Gasteiger partial charge in [0.2, 0.25) is 0 Å². The number of rotatable bonds is 6. The molecule has 0 aliphatic carbocycles. The fourth-order valence-electron chi connectivity index (χ4n) is 4.38. The van der Waals surface area contributed by atoms with E-state index in [0.717, 1.165) is 10.3 Å². The molecule has 1 aliphatic heterocycles. The van der Waals surface area contributed by atoms with Crippen LogP contribution in [0.15, 0.2) is 72.3 Å². The lowest BCUT2D eigenvalue weighted by Crippen LogP contribution is -2.29. The van der Waals surface area contributed by atoms with Gasteiger partial charge in [-0.1, -0.05) is 53.3 Å². The number of carbonyl (C=O) groups excluding carboxylic acids is 3. The van der Waals surface area contributed by atoms with Gasteiger partial charge in [0.1, 0.15) is 11.5 Å². The molecular weight excluding hydrogens is 504 g/mol. The van der Waals surface area contributed by atoms with Crippen molar-refractivity contribution >= 4 is 50.1 Å². The van der Waals surface area contributed by atoms with Crippen LogP contribution < -0.4 is 9.64 Å². The van der Waals surface area contributed by atoms with Gasteiger partial charge in [0.05, 0.1) is 41.1 Å². The highest BCUT2D eigenvalue weighted by Gasteiger charge is 2.48. The first-order valence-electron chi connectivity index (χ1n) is 11.9. The second-order valence-corrected chi connectivity index (χ2v) is 9.72. The van der Waals surface area contributed by atoms with Crippen molar-refractivity contribution in [2.45, 2.75) is 19.9 Å². The van der Waals surface area contributed by atoms with Crippen LogP contribution in [0.25, 0.3) is 16.0 Å². The Labute approximate surface area is 222 Å². The van der Waals surface area contributed by atoms with Gasteiger partial charge in [0.15, 0.2) is 5.13 Å². The topological polar surface area (TPSA) is 106 Å². The molecule has 0 spiro atoms. The number of hydrogen-bond acceptors (Lipinski definition) is 8. The smallest absolute Gasteiger partial charge is 0.337 e. The summed E-state index contributed by atoms with van der Waals surface area (Å²) in [5, 5.41) is 11.6. The van der Waals surface area contributed by atoms with Crippen molar-refractivity contribution in [1.29, 1.82) is 0 Å². The van der Waals surface area contributed by atoms with Gasteiger partial charge in [-0.2, -0.15) is 0 Å². The molecule has 1 amide bonds. The molecule has 1 aliphatic rings. The molecule has 192 valence electrons. The highest BCUT2D eigenvalue weighted by atomic mass is 32.1. The lowest BCUT2D eigenvalue weighted by molar-refractivity contribution is -0.132. The quantitative estimate of drug-likeness (QED) is 0.154. The van der Waals surface area contributed by atoms with E-state index in [9.17, 15) is 19.5 Å². The molecule has 8 nitrogen and oxygen atoms in total. The number of nitrogens with zero attached hydrogens (tertiary/aromatic N) is 2. The van der Waals surface area contributed by atoms with Gasteiger partial charge in [0.25, 0.3) is 5.78 Å². The maximum atomic E-state index is 13.5. The number of ether oxygens (including phenoxy) is 2. The number of carbonyl (C=O) groups is 3. The van der Waals surface area contributed by atoms with Crippen molar-refractivity contribution in [3.63, 3.8) is 0 Å². The van der Waals surface area contributed by atoms with Crippen LogP contribution in [0.2, 0.25) is 0 Å². The average Bonchev–Trinajstić information content (AvgIpc) is 3.46. The molecule has 1 unspecified atom stereocenters. The number of aliphatic hydroxyl groups is 1. The van der Waals surface area contributed by atoms with Gasteiger partial charge in [-0.15, -0.1) is 0 Å². The Hall–Kier alpha value is -4.50. The lowest BCUT2D eigenvalue weighted by atomic mass is 9.94. The van der Waals surface area contributed by atoms with E-state index in [0.29, 0.717) is 39.7 Å². The summed E-state index contributed by atoms with van der Waals surface area (Å²) in [6, 6.07) is 17.9. The third kappa shape index (κ3) is 4.41. The molecular formula is C29H24N2O6S. The van der Waals surface area contributed by atoms with E-state index in [4.69, 9.17) is 9.47 Å². The highest BCUT2D eigenvalue weighted by molar-refractivity contribution is 7.22. The van der Waals surface area contributed by atoms with E-state index in [-0.39, 0.29) is 11.3 Å². The molecule has 2 heterocycles. The first kappa shape index (κ1) is 25.2. The number of methoxy groups -OCH3 is 1. The number of esters is 1. The molecule has 1 atom stereocenters. The average molecular weight is 529 g/mol. The molecule has 4 aromatic rings. The molecule has 5 rings (SSSR count). The molecule has 0 radical (unpaired) electrons. The van der Waals surface area contributed by atoms with Crippen LogP contribution in [0.3, 0.4) is 0 Å². The number of ketones is 1. The van der Waals surface area contributed by atoms with Gasteiger partial charge in [-0.3, -0.25) is 14.5 Å². The van der Waals surface area contributed by atoms with Gasteiger partial charge < -0.3 is 14.6 Å². The Bertz CT molecular complexity index is 1590. The molecule has 1 aromatic heterocycles. The summed E-state index contributed by atoms with van der Waals surface area (Å²) in [4.78, 5) is 44.8. The third-order valence-electron chi connectivity index (χ3n) is 6.28. The predicted octanol–water partition coefficient (Wildman–Crippen LogP) is 5.42. The van der Waals surface area contributed by atoms with E-state index in [1.807, 2.05) is 32.0 Å². The fourth-order valence-corrected chi connectivity index (χ4v) is 5.40. The standard InChI is InChI=1S/C29H24N2O6S/c1-4-37-20-13-14-21-22(15-20)38-29(30-21)31-24(17-9-11-19(12-10-17)28(35)36-3)23(26(33)27(31)34)25(32)18-7-5-16(2)6-8-18/h5-15,24,32H,4H2,1-3H3/b25-23+. The van der Waals surface area contributed by atoms with Crippen LogP contribution in [-0.2, 0) is 14.3 Å². The normalized spacial score (nSPS) is 16.7. The Morgan fingerprint density at radius 3 is 2.37 bits per heavy atom. The van der Waals surface area contributed by atoms with E-state index >= 15 is 0 Å². The minimum Gasteiger partial charge on any atom is -0.507 e. The summed E-state index contributed by atoms with van der Waals surface area (Å²) in [7, 11) is 1.29. The van der Waals surface area contributed by atoms with Crippen molar-refractivity contribution in [2.24, 2.45) is 0 Å². The number of hydrogen-bond donors (Lipinski definition) is 1. The SMILES string of the molecule is CCOc1ccc2nc(N3C(=O)C(=O)/C(=C(/O)c4ccc(C)cc4)C3c3ccc(C(=O)OC)cc3)sc2c1. The monoisotopic (exact) mass is 528 g/mol. The van der Waals surface area contributed by atoms with Crippen LogP contribution in [-0.4, -0.2) is 41.5 Å². The van der Waals surface area contributed by atoms with Crippen molar-refractivity contribution < 1.29 is 29.0 Å². The minimum atomic E-state index is -0.963. The molecule has 1 fully saturated rings. The van der Waals surface area contributed by atoms with Gasteiger partial charge in [-0.25, -0.2) is 9.78 Å². The summed E-state index contributed by atoms with van der Waals surface area (Å²) < 4.78 is 11.2. The van der Waals surface area contributed by atoms with Crippen molar-refractivity contribution in [1.82, 2.24) is 4.98 Å². The van der Waals surface area contributed by atoms with Crippen LogP contribution in [0.5, 0.6) is 5.75 Å². The van der Waals surface area contributed by atoms with E-state index in [2.05, 4.69) is 4.98 Å². The summed E-state index contributed by atoms with van der Waals surface area (Å²) in [5.41, 5.74) is 2.83. The molecule has 0 saturated carbocycles. The number of thiazole rings is 1. The minimum absolute atomic E-state index is 0.0565. The zero-order valence-corrected chi connectivity index (χ0v) is 21.7. The van der Waals surface area contributed by atoms with Crippen molar-refractivity contribution in [3.8, 4) is 5.75 Å². The highest BCUT2D eigenvalue weighted by Crippen LogP contribution is 2.44. The zero-order chi connectivity index (χ0) is 27.0. The largest absolute Gasteiger partial charge is 0.507 e. The van der Waals surface area contributed by atoms with Crippen molar-refractivity contribution in [3.05, 3.63) is 94.6 Å². The molecule has 1 saturated heterocycles. The molecule has 3 aromatic carbocycles. The first-order chi connectivity index (χ1) is 18.3. The van der Waals surface area contributed by atoms with Crippen LogP contribution in [0.1, 0.15) is 40.0 Å². The Morgan fingerprint density at radius 2 is 1.71 bits per heavy atom. The van der Waals surface area contributed by atoms with Crippen LogP contribution >= 0.6 is 11.3 Å². The maximum Gasteiger partial charge on any atom is 0.337 e. The van der Waals surface area contributed by atoms with Crippen LogP contribution in [0, 0.1) is 6.92 Å². The van der Waals surface area contributed by atoms with E-state index in [1.165, 1.54) is 23.3 Å². The van der Waals surface area contributed by atoms with E-state index in [1.54, 1.807) is 48.5 Å². The van der Waals surface area contributed by atoms with Gasteiger partial charge in [-0.05, 0) is 49.7 Å². The summed E-state index contributed by atoms with van der Waals surface area (Å²) in [6.07, 6.45) is 0. The fraction of sp³-hybridized carbons (Fsp3) is 0.172. The number of aromatic nitrogens is 1. The summed E-state index contributed by atoms with van der Waals surface area (Å²) in [6.45, 7) is 4.31. The number of amides is 1. The molecule has 1 N–H and O–H groups in total. The summed E-state index contributed by atoms with van der Waals surface area (Å²) in [5.74, 6) is -1.75. The number of aliphatic hydroxyl groups excluding tert-OH is 1. The van der Waals surface area contributed by atoms with Crippen molar-refractivity contribution in [2.75, 3.05) is 18.6 Å². The molecule has 9 heteroatoms. The maximum absolute atomic E-state index is 13.5. The number of aryl methyl sites for hydroxylation is 1. The predicted molar refractivity (Wildman–Crippen MR) is 145 cm³/mol. The Morgan fingerprint density at radius 1 is 1.03 bits per heavy atom. The number of Topliss-reactive ketones (excluding diaryl/α,β-unsaturated/α-hetero) is 1. The van der Waals surface area contributed by atoms with Gasteiger partial charge in [0, 0.05) is 5.56 Å². The van der Waals surface area contributed by atoms with E-state index < -0.39 is 23.7 Å². The molecule has 38 heavy (non-hydrogen) atoms. The number of anilines is 1. The zero-order valence-electron chi connectivity index (χ0n) is 20.9. The lowest BCUT2D eigenvalue weighted by Gasteiger charge is -2.23. The number of benzene rings is 3. The second-order valence-electron chi connectivity index (χ2n) is 8.71. The first-order valence-corrected chi connectivity index (χ1v) is 12.7. The second kappa shape index (κ2) is 10.1. The summed E-state index contributed by atoms with van der Waals surface area (Å²) >= 11 is 1.25.